The molecule has 4 rings (SSSR count). The van der Waals surface area contributed by atoms with Gasteiger partial charge in [0.1, 0.15) is 5.82 Å². The van der Waals surface area contributed by atoms with Crippen LogP contribution < -0.4 is 0 Å². The van der Waals surface area contributed by atoms with E-state index >= 15 is 0 Å². The Kier molecular flexibility index (Phi) is 6.78. The van der Waals surface area contributed by atoms with E-state index in [1.54, 1.807) is 25.2 Å². The maximum Gasteiger partial charge on any atom is 0.246 e. The topological polar surface area (TPSA) is 96.6 Å². The molecule has 0 unspecified atom stereocenters. The van der Waals surface area contributed by atoms with Gasteiger partial charge in [0.2, 0.25) is 27.6 Å². The molecular formula is C22H22ClFN4O4S. The van der Waals surface area contributed by atoms with Gasteiger partial charge in [-0.25, -0.2) is 12.8 Å². The van der Waals surface area contributed by atoms with E-state index in [1.165, 1.54) is 21.3 Å². The molecule has 0 N–H and O–H groups in total. The lowest BCUT2D eigenvalue weighted by Gasteiger charge is -2.33. The summed E-state index contributed by atoms with van der Waals surface area (Å²) in [5.74, 6) is -0.671. The highest BCUT2D eigenvalue weighted by Gasteiger charge is 2.34. The lowest BCUT2D eigenvalue weighted by molar-refractivity contribution is -0.136. The van der Waals surface area contributed by atoms with Gasteiger partial charge in [-0.2, -0.15) is 9.29 Å². The third kappa shape index (κ3) is 5.07. The summed E-state index contributed by atoms with van der Waals surface area (Å²) in [5, 5.41) is 4.42. The predicted molar refractivity (Wildman–Crippen MR) is 119 cm³/mol. The van der Waals surface area contributed by atoms with Gasteiger partial charge < -0.3 is 9.42 Å². The van der Waals surface area contributed by atoms with E-state index in [-0.39, 0.29) is 29.8 Å². The van der Waals surface area contributed by atoms with Crippen molar-refractivity contribution >= 4 is 27.5 Å². The van der Waals surface area contributed by atoms with Crippen LogP contribution in [-0.4, -0.2) is 53.8 Å². The fourth-order valence-electron chi connectivity index (χ4n) is 3.78. The summed E-state index contributed by atoms with van der Waals surface area (Å²) in [6.07, 6.45) is 1.11. The Hall–Kier alpha value is -2.82. The third-order valence-electron chi connectivity index (χ3n) is 5.52. The molecule has 3 aromatic rings. The van der Waals surface area contributed by atoms with Crippen LogP contribution in [0.5, 0.6) is 0 Å². The minimum absolute atomic E-state index is 0.00307. The van der Waals surface area contributed by atoms with Gasteiger partial charge in [-0.05, 0) is 49.2 Å². The van der Waals surface area contributed by atoms with Crippen molar-refractivity contribution in [3.63, 3.8) is 0 Å². The summed E-state index contributed by atoms with van der Waals surface area (Å²) < 4.78 is 45.6. The van der Waals surface area contributed by atoms with E-state index in [0.29, 0.717) is 35.8 Å². The first-order chi connectivity index (χ1) is 15.8. The van der Waals surface area contributed by atoms with Crippen LogP contribution >= 0.6 is 11.6 Å². The number of hydrogen-bond acceptors (Lipinski definition) is 6. The van der Waals surface area contributed by atoms with Crippen molar-refractivity contribution in [1.29, 1.82) is 0 Å². The van der Waals surface area contributed by atoms with Crippen molar-refractivity contribution in [2.45, 2.75) is 24.3 Å². The first-order valence-electron chi connectivity index (χ1n) is 10.3. The monoisotopic (exact) mass is 492 g/mol. The van der Waals surface area contributed by atoms with E-state index < -0.39 is 21.8 Å². The number of nitrogens with zero attached hydrogens (tertiary/aromatic N) is 4. The maximum atomic E-state index is 13.2. The number of hydrogen-bond donors (Lipinski definition) is 0. The van der Waals surface area contributed by atoms with Crippen LogP contribution in [0, 0.1) is 11.7 Å². The third-order valence-corrected chi connectivity index (χ3v) is 7.73. The van der Waals surface area contributed by atoms with E-state index in [9.17, 15) is 17.6 Å². The zero-order valence-electron chi connectivity index (χ0n) is 17.8. The molecule has 11 heteroatoms. The smallest absolute Gasteiger partial charge is 0.246 e. The highest BCUT2D eigenvalue weighted by Crippen LogP contribution is 2.27. The molecule has 0 radical (unpaired) electrons. The fraction of sp³-hybridized carbons (Fsp3) is 0.318. The predicted octanol–water partition coefficient (Wildman–Crippen LogP) is 3.59. The number of carbonyl (C=O) groups excluding carboxylic acids is 1. The lowest BCUT2D eigenvalue weighted by Crippen LogP contribution is -2.45. The van der Waals surface area contributed by atoms with Gasteiger partial charge in [0, 0.05) is 25.7 Å². The largest absolute Gasteiger partial charge is 0.337 e. The van der Waals surface area contributed by atoms with E-state index in [1.807, 2.05) is 6.07 Å². The number of aromatic nitrogens is 2. The van der Waals surface area contributed by atoms with E-state index in [0.717, 1.165) is 12.1 Å². The van der Waals surface area contributed by atoms with Crippen LogP contribution in [0.25, 0.3) is 11.4 Å². The Morgan fingerprint density at radius 1 is 1.24 bits per heavy atom. The van der Waals surface area contributed by atoms with Gasteiger partial charge in [0.15, 0.2) is 0 Å². The molecule has 1 atom stereocenters. The van der Waals surface area contributed by atoms with Crippen molar-refractivity contribution in [1.82, 2.24) is 19.3 Å². The Bertz CT molecular complexity index is 1250. The summed E-state index contributed by atoms with van der Waals surface area (Å²) >= 11 is 6.17. The lowest BCUT2D eigenvalue weighted by atomic mass is 9.98. The number of amides is 1. The molecule has 174 valence electrons. The average molecular weight is 493 g/mol. The summed E-state index contributed by atoms with van der Waals surface area (Å²) in [5.41, 5.74) is 0.622. The number of carbonyl (C=O) groups is 1. The molecule has 0 spiro atoms. The van der Waals surface area contributed by atoms with Crippen molar-refractivity contribution in [2.24, 2.45) is 5.92 Å². The Morgan fingerprint density at radius 3 is 2.70 bits per heavy atom. The number of sulfonamides is 1. The summed E-state index contributed by atoms with van der Waals surface area (Å²) in [4.78, 5) is 18.8. The molecule has 1 fully saturated rings. The van der Waals surface area contributed by atoms with Crippen molar-refractivity contribution in [3.05, 3.63) is 65.3 Å². The molecule has 2 aromatic carbocycles. The Morgan fingerprint density at radius 2 is 1.97 bits per heavy atom. The SMILES string of the molecule is CN(Cc1nc(-c2ccccc2Cl)no1)C(=O)[C@@H]1CCCN(S(=O)(=O)c2ccc(F)cc2)C1. The Balaban J connectivity index is 1.42. The maximum absolute atomic E-state index is 13.2. The number of halogens is 2. The summed E-state index contributed by atoms with van der Waals surface area (Å²) in [6.45, 7) is 0.438. The molecule has 0 saturated carbocycles. The molecule has 1 aliphatic rings. The van der Waals surface area contributed by atoms with Gasteiger partial charge in [-0.3, -0.25) is 4.79 Å². The molecule has 1 amide bonds. The van der Waals surface area contributed by atoms with Crippen molar-refractivity contribution < 1.29 is 22.1 Å². The van der Waals surface area contributed by atoms with Crippen LogP contribution in [-0.2, 0) is 21.4 Å². The normalized spacial score (nSPS) is 17.1. The first-order valence-corrected chi connectivity index (χ1v) is 12.2. The minimum Gasteiger partial charge on any atom is -0.337 e. The average Bonchev–Trinajstić information content (AvgIpc) is 3.27. The molecule has 33 heavy (non-hydrogen) atoms. The minimum atomic E-state index is -3.82. The van der Waals surface area contributed by atoms with Crippen LogP contribution in [0.4, 0.5) is 4.39 Å². The molecule has 8 nitrogen and oxygen atoms in total. The van der Waals surface area contributed by atoms with Gasteiger partial charge in [0.25, 0.3) is 0 Å². The quantitative estimate of drug-likeness (QED) is 0.521. The molecule has 1 saturated heterocycles. The van der Waals surface area contributed by atoms with Crippen molar-refractivity contribution in [3.8, 4) is 11.4 Å². The van der Waals surface area contributed by atoms with Crippen LogP contribution in [0.2, 0.25) is 5.02 Å². The van der Waals surface area contributed by atoms with Gasteiger partial charge in [-0.15, -0.1) is 0 Å². The number of piperidine rings is 1. The van der Waals surface area contributed by atoms with E-state index in [4.69, 9.17) is 16.1 Å². The van der Waals surface area contributed by atoms with Crippen molar-refractivity contribution in [2.75, 3.05) is 20.1 Å². The molecule has 1 aromatic heterocycles. The number of benzene rings is 2. The second-order valence-electron chi connectivity index (χ2n) is 7.84. The summed E-state index contributed by atoms with van der Waals surface area (Å²) in [6, 6.07) is 11.8. The zero-order valence-corrected chi connectivity index (χ0v) is 19.4. The highest BCUT2D eigenvalue weighted by molar-refractivity contribution is 7.89. The summed E-state index contributed by atoms with van der Waals surface area (Å²) in [7, 11) is -2.21. The van der Waals surface area contributed by atoms with Gasteiger partial charge >= 0.3 is 0 Å². The molecule has 1 aliphatic heterocycles. The second-order valence-corrected chi connectivity index (χ2v) is 10.2. The molecule has 0 aliphatic carbocycles. The van der Waals surface area contributed by atoms with Crippen LogP contribution in [0.1, 0.15) is 18.7 Å². The second kappa shape index (κ2) is 9.58. The molecular weight excluding hydrogens is 471 g/mol. The van der Waals surface area contributed by atoms with Gasteiger partial charge in [-0.1, -0.05) is 28.9 Å². The zero-order chi connectivity index (χ0) is 23.6. The first kappa shape index (κ1) is 23.3. The Labute approximate surface area is 196 Å². The van der Waals surface area contributed by atoms with E-state index in [2.05, 4.69) is 10.1 Å². The van der Waals surface area contributed by atoms with Gasteiger partial charge in [0.05, 0.1) is 22.4 Å². The molecule has 2 heterocycles. The van der Waals surface area contributed by atoms with Crippen LogP contribution in [0.15, 0.2) is 57.9 Å². The highest BCUT2D eigenvalue weighted by atomic mass is 35.5. The van der Waals surface area contributed by atoms with Crippen LogP contribution in [0.3, 0.4) is 0 Å². The fourth-order valence-corrected chi connectivity index (χ4v) is 5.53. The molecule has 0 bridgehead atoms. The standard InChI is InChI=1S/C22H22ClFN4O4S/c1-27(14-20-25-21(26-32-20)18-6-2-3-7-19(18)23)22(29)15-5-4-12-28(13-15)33(30,31)17-10-8-16(24)9-11-17/h2-3,6-11,15H,4-5,12-14H2,1H3/t15-/m1/s1. The number of rotatable bonds is 6.